The number of rotatable bonds is 4. The number of carboxylic acids is 1. The molecule has 0 atom stereocenters. The van der Waals surface area contributed by atoms with Gasteiger partial charge in [0.25, 0.3) is 5.69 Å². The molecule has 0 spiro atoms. The minimum atomic E-state index is -0.761. The highest BCUT2D eigenvalue weighted by molar-refractivity contribution is 6.33. The first-order valence-corrected chi connectivity index (χ1v) is 7.17. The fraction of sp³-hybridized carbons (Fsp3) is 0.500. The minimum absolute atomic E-state index is 0.0846. The number of hydrogen-bond donors (Lipinski definition) is 1. The molecule has 1 aromatic carbocycles. The highest BCUT2D eigenvalue weighted by Crippen LogP contribution is 2.34. The lowest BCUT2D eigenvalue weighted by Gasteiger charge is -2.34. The van der Waals surface area contributed by atoms with Crippen LogP contribution in [0, 0.1) is 23.0 Å². The van der Waals surface area contributed by atoms with Crippen molar-refractivity contribution in [1.82, 2.24) is 0 Å². The maximum absolute atomic E-state index is 10.9. The van der Waals surface area contributed by atoms with Crippen molar-refractivity contribution in [2.24, 2.45) is 5.92 Å². The molecule has 6 nitrogen and oxygen atoms in total. The molecule has 21 heavy (non-hydrogen) atoms. The third-order valence-corrected chi connectivity index (χ3v) is 4.18. The van der Waals surface area contributed by atoms with Crippen LogP contribution in [0.3, 0.4) is 0 Å². The van der Waals surface area contributed by atoms with E-state index in [2.05, 4.69) is 4.90 Å². The summed E-state index contributed by atoms with van der Waals surface area (Å²) in [7, 11) is 0. The number of halogens is 1. The Morgan fingerprint density at radius 3 is 2.62 bits per heavy atom. The van der Waals surface area contributed by atoms with E-state index in [1.165, 1.54) is 6.07 Å². The lowest BCUT2D eigenvalue weighted by Crippen LogP contribution is -2.34. The molecular formula is C14H17ClN2O4. The predicted molar refractivity (Wildman–Crippen MR) is 80.0 cm³/mol. The number of hydrogen-bond acceptors (Lipinski definition) is 4. The van der Waals surface area contributed by atoms with Crippen molar-refractivity contribution in [3.8, 4) is 0 Å². The van der Waals surface area contributed by atoms with Crippen LogP contribution in [0.25, 0.3) is 0 Å². The number of aryl methyl sites for hydroxylation is 1. The van der Waals surface area contributed by atoms with E-state index >= 15 is 0 Å². The Kier molecular flexibility index (Phi) is 4.67. The lowest BCUT2D eigenvalue weighted by atomic mass is 9.93. The SMILES string of the molecule is Cc1cc([N+](=O)[O-])c(Cl)cc1N1CCC(CC(=O)O)CC1. The molecule has 2 rings (SSSR count). The Bertz CT molecular complexity index is 568. The van der Waals surface area contributed by atoms with E-state index in [1.54, 1.807) is 6.07 Å². The topological polar surface area (TPSA) is 83.7 Å². The van der Waals surface area contributed by atoms with Gasteiger partial charge >= 0.3 is 5.97 Å². The Morgan fingerprint density at radius 1 is 1.48 bits per heavy atom. The van der Waals surface area contributed by atoms with Crippen LogP contribution in [0.2, 0.25) is 5.02 Å². The van der Waals surface area contributed by atoms with Crippen LogP contribution in [-0.4, -0.2) is 29.1 Å². The van der Waals surface area contributed by atoms with Gasteiger partial charge in [-0.25, -0.2) is 0 Å². The number of nitrogens with zero attached hydrogens (tertiary/aromatic N) is 2. The smallest absolute Gasteiger partial charge is 0.303 e. The van der Waals surface area contributed by atoms with Crippen LogP contribution in [-0.2, 0) is 4.79 Å². The molecule has 1 N–H and O–H groups in total. The van der Waals surface area contributed by atoms with Crippen molar-refractivity contribution in [1.29, 1.82) is 0 Å². The second-order valence-corrected chi connectivity index (χ2v) is 5.78. The summed E-state index contributed by atoms with van der Waals surface area (Å²) in [5.41, 5.74) is 1.61. The van der Waals surface area contributed by atoms with Crippen LogP contribution in [0.4, 0.5) is 11.4 Å². The van der Waals surface area contributed by atoms with Crippen LogP contribution in [0.15, 0.2) is 12.1 Å². The maximum Gasteiger partial charge on any atom is 0.303 e. The van der Waals surface area contributed by atoms with E-state index in [0.717, 1.165) is 37.2 Å². The van der Waals surface area contributed by atoms with E-state index < -0.39 is 10.9 Å². The van der Waals surface area contributed by atoms with Gasteiger partial charge in [0.15, 0.2) is 0 Å². The van der Waals surface area contributed by atoms with Crippen LogP contribution >= 0.6 is 11.6 Å². The van der Waals surface area contributed by atoms with E-state index in [1.807, 2.05) is 6.92 Å². The first-order chi connectivity index (χ1) is 9.88. The number of nitro benzene ring substituents is 1. The largest absolute Gasteiger partial charge is 0.481 e. The average molecular weight is 313 g/mol. The zero-order chi connectivity index (χ0) is 15.6. The maximum atomic E-state index is 10.9. The molecule has 0 amide bonds. The second kappa shape index (κ2) is 6.30. The molecule has 0 radical (unpaired) electrons. The molecule has 7 heteroatoms. The zero-order valence-corrected chi connectivity index (χ0v) is 12.5. The monoisotopic (exact) mass is 312 g/mol. The molecular weight excluding hydrogens is 296 g/mol. The molecule has 0 aliphatic carbocycles. The first kappa shape index (κ1) is 15.6. The number of anilines is 1. The molecule has 0 saturated carbocycles. The average Bonchev–Trinajstić information content (AvgIpc) is 2.41. The van der Waals surface area contributed by atoms with Gasteiger partial charge in [-0.3, -0.25) is 14.9 Å². The molecule has 1 aliphatic rings. The van der Waals surface area contributed by atoms with Gasteiger partial charge in [-0.2, -0.15) is 0 Å². The molecule has 0 bridgehead atoms. The van der Waals surface area contributed by atoms with Crippen LogP contribution < -0.4 is 4.90 Å². The third kappa shape index (κ3) is 3.64. The predicted octanol–water partition coefficient (Wildman–Crippen LogP) is 3.25. The highest BCUT2D eigenvalue weighted by Gasteiger charge is 2.24. The van der Waals surface area contributed by atoms with Crippen LogP contribution in [0.1, 0.15) is 24.8 Å². The molecule has 1 fully saturated rings. The summed E-state index contributed by atoms with van der Waals surface area (Å²) >= 11 is 5.97. The van der Waals surface area contributed by atoms with E-state index in [0.29, 0.717) is 0 Å². The van der Waals surface area contributed by atoms with Crippen LogP contribution in [0.5, 0.6) is 0 Å². The highest BCUT2D eigenvalue weighted by atomic mass is 35.5. The number of piperidine rings is 1. The summed E-state index contributed by atoms with van der Waals surface area (Å²) in [6, 6.07) is 3.12. The summed E-state index contributed by atoms with van der Waals surface area (Å²) in [5.74, 6) is -0.560. The van der Waals surface area contributed by atoms with Gasteiger partial charge in [-0.15, -0.1) is 0 Å². The van der Waals surface area contributed by atoms with Gasteiger partial charge in [0.2, 0.25) is 0 Å². The number of carbonyl (C=O) groups is 1. The van der Waals surface area contributed by atoms with Gasteiger partial charge in [-0.05, 0) is 37.3 Å². The molecule has 1 aliphatic heterocycles. The fourth-order valence-electron chi connectivity index (χ4n) is 2.76. The Hall–Kier alpha value is -1.82. The second-order valence-electron chi connectivity index (χ2n) is 5.38. The number of aliphatic carboxylic acids is 1. The molecule has 0 aromatic heterocycles. The van der Waals surface area contributed by atoms with Crippen molar-refractivity contribution in [3.63, 3.8) is 0 Å². The van der Waals surface area contributed by atoms with E-state index in [4.69, 9.17) is 16.7 Å². The summed E-state index contributed by atoms with van der Waals surface area (Å²) in [6.07, 6.45) is 1.81. The normalized spacial score (nSPS) is 16.0. The molecule has 1 saturated heterocycles. The number of nitro groups is 1. The van der Waals surface area contributed by atoms with Gasteiger partial charge in [0, 0.05) is 31.3 Å². The molecule has 0 unspecified atom stereocenters. The van der Waals surface area contributed by atoms with Gasteiger partial charge < -0.3 is 10.0 Å². The standard InChI is InChI=1S/C14H17ClN2O4/c1-9-6-13(17(20)21)11(15)8-12(9)16-4-2-10(3-5-16)7-14(18)19/h6,8,10H,2-5,7H2,1H3,(H,18,19). The molecule has 1 heterocycles. The van der Waals surface area contributed by atoms with Gasteiger partial charge in [0.1, 0.15) is 5.02 Å². The Morgan fingerprint density at radius 2 is 2.10 bits per heavy atom. The summed E-state index contributed by atoms with van der Waals surface area (Å²) < 4.78 is 0. The number of carboxylic acid groups (broad SMARTS) is 1. The van der Waals surface area contributed by atoms with E-state index in [-0.39, 0.29) is 23.0 Å². The summed E-state index contributed by atoms with van der Waals surface area (Å²) in [5, 5.41) is 19.8. The lowest BCUT2D eigenvalue weighted by molar-refractivity contribution is -0.384. The number of benzene rings is 1. The molecule has 114 valence electrons. The van der Waals surface area contributed by atoms with Gasteiger partial charge in [-0.1, -0.05) is 11.6 Å². The van der Waals surface area contributed by atoms with Crippen molar-refractivity contribution in [2.75, 3.05) is 18.0 Å². The Balaban J connectivity index is 2.12. The first-order valence-electron chi connectivity index (χ1n) is 6.79. The van der Waals surface area contributed by atoms with Crippen molar-refractivity contribution in [2.45, 2.75) is 26.2 Å². The molecule has 1 aromatic rings. The van der Waals surface area contributed by atoms with Crippen molar-refractivity contribution < 1.29 is 14.8 Å². The van der Waals surface area contributed by atoms with E-state index in [9.17, 15) is 14.9 Å². The van der Waals surface area contributed by atoms with Crippen molar-refractivity contribution >= 4 is 28.9 Å². The fourth-order valence-corrected chi connectivity index (χ4v) is 2.99. The quantitative estimate of drug-likeness (QED) is 0.681. The van der Waals surface area contributed by atoms with Gasteiger partial charge in [0.05, 0.1) is 4.92 Å². The Labute approximate surface area is 127 Å². The van der Waals surface area contributed by atoms with Crippen molar-refractivity contribution in [3.05, 3.63) is 32.8 Å². The third-order valence-electron chi connectivity index (χ3n) is 3.88. The zero-order valence-electron chi connectivity index (χ0n) is 11.7. The summed E-state index contributed by atoms with van der Waals surface area (Å²) in [4.78, 5) is 23.2. The minimum Gasteiger partial charge on any atom is -0.481 e. The summed E-state index contributed by atoms with van der Waals surface area (Å²) in [6.45, 7) is 3.31.